The molecule has 0 saturated carbocycles. The Bertz CT molecular complexity index is 1130. The molecule has 1 saturated heterocycles. The van der Waals surface area contributed by atoms with E-state index in [1.807, 2.05) is 11.0 Å². The lowest BCUT2D eigenvalue weighted by molar-refractivity contribution is -0.384. The van der Waals surface area contributed by atoms with Crippen LogP contribution in [0.1, 0.15) is 5.56 Å². The van der Waals surface area contributed by atoms with E-state index in [0.717, 1.165) is 5.56 Å². The first-order valence-corrected chi connectivity index (χ1v) is 12.3. The van der Waals surface area contributed by atoms with Crippen LogP contribution in [0.15, 0.2) is 47.5 Å². The summed E-state index contributed by atoms with van der Waals surface area (Å²) in [4.78, 5) is 17.1. The van der Waals surface area contributed by atoms with Gasteiger partial charge in [-0.3, -0.25) is 15.1 Å². The molecule has 0 bridgehead atoms. The molecule has 164 valence electrons. The van der Waals surface area contributed by atoms with Crippen molar-refractivity contribution in [1.29, 1.82) is 0 Å². The molecule has 0 radical (unpaired) electrons. The van der Waals surface area contributed by atoms with Gasteiger partial charge >= 0.3 is 0 Å². The molecule has 11 heteroatoms. The minimum atomic E-state index is -3.18. The van der Waals surface area contributed by atoms with Crippen LogP contribution in [0.3, 0.4) is 0 Å². The first-order chi connectivity index (χ1) is 14.8. The van der Waals surface area contributed by atoms with Gasteiger partial charge in [0, 0.05) is 24.0 Å². The Kier molecular flexibility index (Phi) is 5.80. The fraction of sp³-hybridized carbons (Fsp3) is 0.350. The van der Waals surface area contributed by atoms with Crippen molar-refractivity contribution < 1.29 is 22.8 Å². The van der Waals surface area contributed by atoms with Gasteiger partial charge in [0.25, 0.3) is 5.69 Å². The summed E-state index contributed by atoms with van der Waals surface area (Å²) < 4.78 is 35.4. The second kappa shape index (κ2) is 8.39. The number of aliphatic imine (C=N–C) groups is 1. The lowest BCUT2D eigenvalue weighted by Crippen LogP contribution is -2.39. The van der Waals surface area contributed by atoms with Gasteiger partial charge in [0.2, 0.25) is 0 Å². The Balaban J connectivity index is 1.64. The van der Waals surface area contributed by atoms with Crippen LogP contribution in [0.25, 0.3) is 0 Å². The number of rotatable bonds is 6. The Hall–Kier alpha value is -2.79. The van der Waals surface area contributed by atoms with Gasteiger partial charge in [-0.25, -0.2) is 8.42 Å². The highest BCUT2D eigenvalue weighted by atomic mass is 32.2. The molecule has 0 aliphatic carbocycles. The smallest absolute Gasteiger partial charge is 0.269 e. The van der Waals surface area contributed by atoms with Crippen LogP contribution in [0.2, 0.25) is 0 Å². The Morgan fingerprint density at radius 3 is 2.55 bits per heavy atom. The number of non-ortho nitro benzene ring substituents is 1. The van der Waals surface area contributed by atoms with E-state index in [1.165, 1.54) is 23.9 Å². The van der Waals surface area contributed by atoms with Crippen molar-refractivity contribution in [2.24, 2.45) is 4.99 Å². The van der Waals surface area contributed by atoms with E-state index in [2.05, 4.69) is 0 Å². The fourth-order valence-corrected chi connectivity index (χ4v) is 6.68. The third kappa shape index (κ3) is 4.33. The van der Waals surface area contributed by atoms with Gasteiger partial charge in [-0.1, -0.05) is 23.9 Å². The summed E-state index contributed by atoms with van der Waals surface area (Å²) in [5.74, 6) is 1.78. The van der Waals surface area contributed by atoms with Gasteiger partial charge in [0.15, 0.2) is 15.0 Å². The number of thioether (sulfide) groups is 1. The van der Waals surface area contributed by atoms with Crippen molar-refractivity contribution in [1.82, 2.24) is 0 Å². The number of hydrogen-bond acceptors (Lipinski definition) is 9. The second-order valence-electron chi connectivity index (χ2n) is 7.24. The van der Waals surface area contributed by atoms with Crippen LogP contribution in [0.4, 0.5) is 11.4 Å². The number of benzene rings is 2. The summed E-state index contributed by atoms with van der Waals surface area (Å²) >= 11 is 1.46. The Morgan fingerprint density at radius 1 is 1.16 bits per heavy atom. The van der Waals surface area contributed by atoms with E-state index in [4.69, 9.17) is 14.5 Å². The standard InChI is InChI=1S/C20H21N3O6S2/c1-28-15-7-8-19(29-2)17(9-15)22-18-12-31(26,27)11-16(18)21-20(22)30-10-13-3-5-14(6-4-13)23(24)25/h3-9,16,18H,10-12H2,1-2H3/t16-,18-/m0/s1. The summed E-state index contributed by atoms with van der Waals surface area (Å²) in [6.07, 6.45) is 0. The number of nitro benzene ring substituents is 1. The number of anilines is 1. The van der Waals surface area contributed by atoms with Crippen LogP contribution in [0.5, 0.6) is 11.5 Å². The Morgan fingerprint density at radius 2 is 1.90 bits per heavy atom. The predicted molar refractivity (Wildman–Crippen MR) is 120 cm³/mol. The molecule has 0 spiro atoms. The number of nitrogens with zero attached hydrogens (tertiary/aromatic N) is 3. The van der Waals surface area contributed by atoms with Gasteiger partial charge < -0.3 is 14.4 Å². The van der Waals surface area contributed by atoms with Crippen molar-refractivity contribution in [3.63, 3.8) is 0 Å². The van der Waals surface area contributed by atoms with Crippen molar-refractivity contribution in [3.8, 4) is 11.5 Å². The molecule has 2 aromatic rings. The molecule has 1 fully saturated rings. The van der Waals surface area contributed by atoms with Gasteiger partial charge in [-0.05, 0) is 17.7 Å². The SMILES string of the molecule is COc1ccc(OC)c(N2C(SCc3ccc([N+](=O)[O-])cc3)=N[C@H]3CS(=O)(=O)C[C@@H]32)c1. The Labute approximate surface area is 184 Å². The van der Waals surface area contributed by atoms with E-state index < -0.39 is 14.8 Å². The maximum absolute atomic E-state index is 12.3. The maximum Gasteiger partial charge on any atom is 0.269 e. The molecule has 9 nitrogen and oxygen atoms in total. The van der Waals surface area contributed by atoms with E-state index in [9.17, 15) is 18.5 Å². The highest BCUT2D eigenvalue weighted by Crippen LogP contribution is 2.41. The minimum Gasteiger partial charge on any atom is -0.497 e. The summed E-state index contributed by atoms with van der Waals surface area (Å²) in [5, 5.41) is 11.5. The lowest BCUT2D eigenvalue weighted by Gasteiger charge is -2.28. The molecule has 2 atom stereocenters. The van der Waals surface area contributed by atoms with Crippen LogP contribution >= 0.6 is 11.8 Å². The van der Waals surface area contributed by atoms with Crippen molar-refractivity contribution in [2.45, 2.75) is 17.8 Å². The fourth-order valence-electron chi connectivity index (χ4n) is 3.76. The molecule has 0 amide bonds. The first-order valence-electron chi connectivity index (χ1n) is 9.47. The van der Waals surface area contributed by atoms with E-state index in [1.54, 1.807) is 38.5 Å². The minimum absolute atomic E-state index is 0.0159. The summed E-state index contributed by atoms with van der Waals surface area (Å²) in [6, 6.07) is 11.1. The summed E-state index contributed by atoms with van der Waals surface area (Å²) in [6.45, 7) is 0. The molecule has 2 aliphatic rings. The van der Waals surface area contributed by atoms with Crippen molar-refractivity contribution in [2.75, 3.05) is 30.6 Å². The lowest BCUT2D eigenvalue weighted by atomic mass is 10.1. The number of fused-ring (bicyclic) bond motifs is 1. The largest absolute Gasteiger partial charge is 0.497 e. The van der Waals surface area contributed by atoms with E-state index >= 15 is 0 Å². The number of nitro groups is 1. The highest BCUT2D eigenvalue weighted by molar-refractivity contribution is 8.13. The number of sulfone groups is 1. The normalized spacial score (nSPS) is 21.5. The monoisotopic (exact) mass is 463 g/mol. The zero-order valence-electron chi connectivity index (χ0n) is 16.9. The van der Waals surface area contributed by atoms with Crippen molar-refractivity contribution in [3.05, 3.63) is 58.1 Å². The molecule has 2 aromatic carbocycles. The van der Waals surface area contributed by atoms with Crippen LogP contribution in [0, 0.1) is 10.1 Å². The number of methoxy groups -OCH3 is 2. The van der Waals surface area contributed by atoms with Gasteiger partial charge in [0.1, 0.15) is 11.5 Å². The zero-order valence-corrected chi connectivity index (χ0v) is 18.6. The topological polar surface area (TPSA) is 111 Å². The average molecular weight is 464 g/mol. The van der Waals surface area contributed by atoms with Gasteiger partial charge in [-0.2, -0.15) is 0 Å². The molecule has 0 aromatic heterocycles. The number of ether oxygens (including phenoxy) is 2. The molecule has 31 heavy (non-hydrogen) atoms. The maximum atomic E-state index is 12.3. The van der Waals surface area contributed by atoms with Crippen LogP contribution in [-0.2, 0) is 15.6 Å². The number of amidine groups is 1. The molecular weight excluding hydrogens is 442 g/mol. The van der Waals surface area contributed by atoms with Crippen LogP contribution in [-0.4, -0.2) is 56.3 Å². The van der Waals surface area contributed by atoms with Crippen molar-refractivity contribution >= 4 is 38.1 Å². The van der Waals surface area contributed by atoms with E-state index in [-0.39, 0.29) is 29.3 Å². The van der Waals surface area contributed by atoms with Gasteiger partial charge in [-0.15, -0.1) is 0 Å². The third-order valence-electron chi connectivity index (χ3n) is 5.27. The molecule has 4 rings (SSSR count). The predicted octanol–water partition coefficient (Wildman–Crippen LogP) is 2.89. The first kappa shape index (κ1) is 21.4. The quantitative estimate of drug-likeness (QED) is 0.475. The van der Waals surface area contributed by atoms with E-state index in [0.29, 0.717) is 28.1 Å². The average Bonchev–Trinajstić information content (AvgIpc) is 3.22. The molecule has 2 aliphatic heterocycles. The van der Waals surface area contributed by atoms with Crippen LogP contribution < -0.4 is 14.4 Å². The summed E-state index contributed by atoms with van der Waals surface area (Å²) in [7, 11) is -0.0522. The second-order valence-corrected chi connectivity index (χ2v) is 10.3. The summed E-state index contributed by atoms with van der Waals surface area (Å²) in [5.41, 5.74) is 1.64. The molecular formula is C20H21N3O6S2. The molecule has 0 N–H and O–H groups in total. The highest BCUT2D eigenvalue weighted by Gasteiger charge is 2.47. The zero-order chi connectivity index (χ0) is 22.2. The molecule has 2 heterocycles. The van der Waals surface area contributed by atoms with Gasteiger partial charge in [0.05, 0.1) is 48.4 Å². The molecule has 0 unspecified atom stereocenters. The number of hydrogen-bond donors (Lipinski definition) is 0. The third-order valence-corrected chi connectivity index (χ3v) is 8.00.